The first-order chi connectivity index (χ1) is 16.6. The van der Waals surface area contributed by atoms with Gasteiger partial charge in [0.25, 0.3) is 0 Å². The number of imidazole rings is 1. The maximum absolute atomic E-state index is 12.6. The Balaban J connectivity index is 1.22. The minimum absolute atomic E-state index is 0.0614. The van der Waals surface area contributed by atoms with Gasteiger partial charge in [0.2, 0.25) is 0 Å². The van der Waals surface area contributed by atoms with Crippen molar-refractivity contribution in [3.8, 4) is 11.8 Å². The van der Waals surface area contributed by atoms with Gasteiger partial charge in [0.15, 0.2) is 6.10 Å². The molecule has 35 heavy (non-hydrogen) atoms. The lowest BCUT2D eigenvalue weighted by molar-refractivity contribution is -0.389. The molecule has 0 radical (unpaired) electrons. The molecule has 2 aliphatic rings. The van der Waals surface area contributed by atoms with Gasteiger partial charge in [-0.15, -0.1) is 13.2 Å². The van der Waals surface area contributed by atoms with Crippen molar-refractivity contribution in [3.05, 3.63) is 46.1 Å². The number of nitro groups is 1. The molecule has 0 saturated carbocycles. The molecule has 1 aromatic carbocycles. The molecule has 190 valence electrons. The largest absolute Gasteiger partial charge is 0.573 e. The van der Waals surface area contributed by atoms with Crippen LogP contribution in [0.1, 0.15) is 18.4 Å². The molecule has 4 rings (SSSR count). The van der Waals surface area contributed by atoms with Gasteiger partial charge in [-0.3, -0.25) is 9.47 Å². The smallest absolute Gasteiger partial charge is 0.442 e. The Morgan fingerprint density at radius 3 is 2.60 bits per heavy atom. The summed E-state index contributed by atoms with van der Waals surface area (Å²) in [4.78, 5) is 30.3. The van der Waals surface area contributed by atoms with Crippen LogP contribution in [0, 0.1) is 10.1 Å². The Morgan fingerprint density at radius 2 is 1.97 bits per heavy atom. The summed E-state index contributed by atoms with van der Waals surface area (Å²) in [7, 11) is 1.93. The van der Waals surface area contributed by atoms with Gasteiger partial charge in [0.05, 0.1) is 6.54 Å². The third kappa shape index (κ3) is 6.32. The molecule has 0 unspecified atom stereocenters. The van der Waals surface area contributed by atoms with Crippen molar-refractivity contribution in [2.75, 3.05) is 26.7 Å². The molecule has 1 atom stereocenters. The van der Waals surface area contributed by atoms with Crippen LogP contribution in [0.5, 0.6) is 11.8 Å². The molecular formula is C21H24F3N5O6. The summed E-state index contributed by atoms with van der Waals surface area (Å²) < 4.78 is 53.2. The van der Waals surface area contributed by atoms with E-state index in [0.717, 1.165) is 5.56 Å². The Hall–Kier alpha value is -3.55. The number of aromatic nitrogens is 2. The zero-order valence-electron chi connectivity index (χ0n) is 18.8. The van der Waals surface area contributed by atoms with E-state index in [2.05, 4.69) is 14.6 Å². The molecule has 3 heterocycles. The summed E-state index contributed by atoms with van der Waals surface area (Å²) in [5.41, 5.74) is 0.847. The molecule has 14 heteroatoms. The molecule has 0 N–H and O–H groups in total. The molecule has 0 aliphatic carbocycles. The van der Waals surface area contributed by atoms with E-state index in [0.29, 0.717) is 32.5 Å². The molecule has 2 aromatic rings. The topological polar surface area (TPSA) is 112 Å². The SMILES string of the molecule is CN(Cc1ccc(OC(F)(F)F)cc1)C1CCN(C(=O)O[C@@H]2COc3nc([N+](=O)[O-])cn3C2)CC1. The van der Waals surface area contributed by atoms with Crippen molar-refractivity contribution in [1.29, 1.82) is 0 Å². The van der Waals surface area contributed by atoms with Crippen LogP contribution >= 0.6 is 0 Å². The molecule has 11 nitrogen and oxygen atoms in total. The van der Waals surface area contributed by atoms with Gasteiger partial charge in [-0.1, -0.05) is 12.1 Å². The number of benzene rings is 1. The number of alkyl halides is 3. The fourth-order valence-corrected chi connectivity index (χ4v) is 4.15. The molecule has 0 spiro atoms. The van der Waals surface area contributed by atoms with Crippen molar-refractivity contribution in [1.82, 2.24) is 19.4 Å². The van der Waals surface area contributed by atoms with E-state index in [9.17, 15) is 28.1 Å². The number of carbonyl (C=O) groups is 1. The van der Waals surface area contributed by atoms with E-state index in [4.69, 9.17) is 9.47 Å². The van der Waals surface area contributed by atoms with Gasteiger partial charge in [-0.2, -0.15) is 0 Å². The van der Waals surface area contributed by atoms with Crippen molar-refractivity contribution in [2.45, 2.75) is 44.4 Å². The van der Waals surface area contributed by atoms with Gasteiger partial charge in [0.1, 0.15) is 18.6 Å². The Kier molecular flexibility index (Phi) is 7.00. The number of fused-ring (bicyclic) bond motifs is 1. The van der Waals surface area contributed by atoms with E-state index >= 15 is 0 Å². The zero-order valence-corrected chi connectivity index (χ0v) is 18.8. The van der Waals surface area contributed by atoms with Gasteiger partial charge >= 0.3 is 24.3 Å². The highest BCUT2D eigenvalue weighted by molar-refractivity contribution is 5.68. The fourth-order valence-electron chi connectivity index (χ4n) is 4.15. The van der Waals surface area contributed by atoms with Crippen LogP contribution in [0.25, 0.3) is 0 Å². The summed E-state index contributed by atoms with van der Waals surface area (Å²) in [5, 5.41) is 10.9. The number of ether oxygens (including phenoxy) is 3. The molecular weight excluding hydrogens is 475 g/mol. The predicted molar refractivity (Wildman–Crippen MR) is 114 cm³/mol. The van der Waals surface area contributed by atoms with E-state index in [-0.39, 0.29) is 36.8 Å². The first kappa shape index (κ1) is 24.6. The summed E-state index contributed by atoms with van der Waals surface area (Å²) in [6.45, 7) is 1.79. The number of halogens is 3. The lowest BCUT2D eigenvalue weighted by Crippen LogP contribution is -2.47. The van der Waals surface area contributed by atoms with Crippen molar-refractivity contribution in [2.24, 2.45) is 0 Å². The third-order valence-corrected chi connectivity index (χ3v) is 5.92. The Morgan fingerprint density at radius 1 is 1.29 bits per heavy atom. The lowest BCUT2D eigenvalue weighted by Gasteiger charge is -2.37. The van der Waals surface area contributed by atoms with Gasteiger partial charge in [-0.05, 0) is 42.5 Å². The van der Waals surface area contributed by atoms with Crippen LogP contribution in [0.2, 0.25) is 0 Å². The molecule has 1 saturated heterocycles. The number of hydrogen-bond acceptors (Lipinski definition) is 8. The van der Waals surface area contributed by atoms with Gasteiger partial charge < -0.3 is 29.2 Å². The number of rotatable bonds is 6. The number of carbonyl (C=O) groups excluding carboxylic acids is 1. The van der Waals surface area contributed by atoms with E-state index in [1.54, 1.807) is 17.0 Å². The molecule has 1 amide bonds. The summed E-state index contributed by atoms with van der Waals surface area (Å²) in [6, 6.07) is 6.07. The minimum Gasteiger partial charge on any atom is -0.442 e. The van der Waals surface area contributed by atoms with Crippen LogP contribution in [0.4, 0.5) is 23.8 Å². The molecule has 0 bridgehead atoms. The summed E-state index contributed by atoms with van der Waals surface area (Å²) in [5.74, 6) is -0.592. The fraction of sp³-hybridized carbons (Fsp3) is 0.524. The van der Waals surface area contributed by atoms with E-state index in [1.165, 1.54) is 22.9 Å². The average Bonchev–Trinajstić information content (AvgIpc) is 3.23. The molecule has 1 aromatic heterocycles. The second-order valence-electron chi connectivity index (χ2n) is 8.43. The molecule has 1 fully saturated rings. The number of likely N-dealkylation sites (tertiary alicyclic amines) is 1. The van der Waals surface area contributed by atoms with Crippen molar-refractivity contribution in [3.63, 3.8) is 0 Å². The highest BCUT2D eigenvalue weighted by Gasteiger charge is 2.33. The Bertz CT molecular complexity index is 1050. The van der Waals surface area contributed by atoms with Crippen LogP contribution in [-0.4, -0.2) is 75.6 Å². The zero-order chi connectivity index (χ0) is 25.2. The maximum atomic E-state index is 12.6. The standard InChI is InChI=1S/C21H24F3N5O6/c1-26(10-14-2-4-16(5-3-14)35-21(22,23)24)15-6-8-27(9-7-15)20(30)34-17-11-28-12-18(29(31)32)25-19(28)33-13-17/h2-5,12,15,17H,6-11,13H2,1H3/t17-/m0/s1. The van der Waals surface area contributed by atoms with E-state index in [1.807, 2.05) is 7.05 Å². The van der Waals surface area contributed by atoms with Crippen LogP contribution in [0.15, 0.2) is 30.5 Å². The van der Waals surface area contributed by atoms with Crippen LogP contribution in [0.3, 0.4) is 0 Å². The van der Waals surface area contributed by atoms with Crippen molar-refractivity contribution >= 4 is 11.9 Å². The predicted octanol–water partition coefficient (Wildman–Crippen LogP) is 3.18. The van der Waals surface area contributed by atoms with Gasteiger partial charge in [0, 0.05) is 30.7 Å². The second kappa shape index (κ2) is 9.98. The third-order valence-electron chi connectivity index (χ3n) is 5.92. The second-order valence-corrected chi connectivity index (χ2v) is 8.43. The highest BCUT2D eigenvalue weighted by Crippen LogP contribution is 2.25. The summed E-state index contributed by atoms with van der Waals surface area (Å²) >= 11 is 0. The van der Waals surface area contributed by atoms with Crippen LogP contribution in [-0.2, 0) is 17.8 Å². The molecule has 2 aliphatic heterocycles. The van der Waals surface area contributed by atoms with Gasteiger partial charge in [-0.25, -0.2) is 4.79 Å². The highest BCUT2D eigenvalue weighted by atomic mass is 19.4. The Labute approximate surface area is 198 Å². The number of nitrogens with zero attached hydrogens (tertiary/aromatic N) is 5. The van der Waals surface area contributed by atoms with Crippen molar-refractivity contribution < 1.29 is 37.1 Å². The minimum atomic E-state index is -4.72. The summed E-state index contributed by atoms with van der Waals surface area (Å²) in [6.07, 6.45) is -3.12. The van der Waals surface area contributed by atoms with E-state index < -0.39 is 23.5 Å². The number of piperidine rings is 1. The lowest BCUT2D eigenvalue weighted by atomic mass is 10.0. The first-order valence-electron chi connectivity index (χ1n) is 10.9. The first-order valence-corrected chi connectivity index (χ1v) is 10.9. The quantitative estimate of drug-likeness (QED) is 0.440. The maximum Gasteiger partial charge on any atom is 0.573 e. The number of hydrogen-bond donors (Lipinski definition) is 0. The normalized spacial score (nSPS) is 18.7. The van der Waals surface area contributed by atoms with Crippen LogP contribution < -0.4 is 9.47 Å². The monoisotopic (exact) mass is 499 g/mol. The average molecular weight is 499 g/mol. The number of amides is 1.